The Labute approximate surface area is 146 Å². The van der Waals surface area contributed by atoms with E-state index in [1.807, 2.05) is 44.2 Å². The third kappa shape index (κ3) is 4.15. The van der Waals surface area contributed by atoms with E-state index in [4.69, 9.17) is 4.42 Å². The van der Waals surface area contributed by atoms with Gasteiger partial charge in [0.25, 0.3) is 0 Å². The summed E-state index contributed by atoms with van der Waals surface area (Å²) in [4.78, 5) is 12.2. The molecule has 0 spiro atoms. The lowest BCUT2D eigenvalue weighted by atomic mass is 10.1. The van der Waals surface area contributed by atoms with Crippen LogP contribution in [0.15, 0.2) is 59.0 Å². The first-order valence-electron chi connectivity index (χ1n) is 8.23. The minimum Gasteiger partial charge on any atom is -0.461 e. The van der Waals surface area contributed by atoms with Gasteiger partial charge in [-0.25, -0.2) is 4.39 Å². The summed E-state index contributed by atoms with van der Waals surface area (Å²) in [5.41, 5.74) is 3.88. The van der Waals surface area contributed by atoms with E-state index in [1.165, 1.54) is 12.1 Å². The number of rotatable bonds is 5. The second-order valence-corrected chi connectivity index (χ2v) is 6.07. The number of anilines is 1. The standard InChI is InChI=1S/C21H20FNO2/c1-14-4-3-5-19(15(14)2)23-21(24)13-11-18-10-12-20(25-18)16-6-8-17(22)9-7-16/h3-10,12H,11,13H2,1-2H3,(H,23,24). The van der Waals surface area contributed by atoms with Gasteiger partial charge in [-0.3, -0.25) is 4.79 Å². The summed E-state index contributed by atoms with van der Waals surface area (Å²) in [5.74, 6) is 1.08. The van der Waals surface area contributed by atoms with Gasteiger partial charge in [0.2, 0.25) is 5.91 Å². The van der Waals surface area contributed by atoms with Gasteiger partial charge in [0.05, 0.1) is 0 Å². The van der Waals surface area contributed by atoms with Crippen molar-refractivity contribution in [2.24, 2.45) is 0 Å². The van der Waals surface area contributed by atoms with E-state index in [1.54, 1.807) is 12.1 Å². The van der Waals surface area contributed by atoms with Crippen LogP contribution in [0, 0.1) is 19.7 Å². The van der Waals surface area contributed by atoms with Gasteiger partial charge >= 0.3 is 0 Å². The van der Waals surface area contributed by atoms with Crippen molar-refractivity contribution in [2.75, 3.05) is 5.32 Å². The Morgan fingerprint density at radius 3 is 2.56 bits per heavy atom. The molecule has 3 aromatic rings. The number of nitrogens with one attached hydrogen (secondary N) is 1. The summed E-state index contributed by atoms with van der Waals surface area (Å²) >= 11 is 0. The lowest BCUT2D eigenvalue weighted by molar-refractivity contribution is -0.116. The first-order chi connectivity index (χ1) is 12.0. The van der Waals surface area contributed by atoms with Gasteiger partial charge < -0.3 is 9.73 Å². The first kappa shape index (κ1) is 17.0. The average molecular weight is 337 g/mol. The van der Waals surface area contributed by atoms with Gasteiger partial charge in [-0.2, -0.15) is 0 Å². The largest absolute Gasteiger partial charge is 0.461 e. The van der Waals surface area contributed by atoms with Crippen molar-refractivity contribution in [1.29, 1.82) is 0 Å². The molecule has 3 rings (SSSR count). The molecule has 0 aliphatic carbocycles. The molecule has 0 saturated heterocycles. The fourth-order valence-electron chi connectivity index (χ4n) is 2.62. The highest BCUT2D eigenvalue weighted by molar-refractivity contribution is 5.91. The van der Waals surface area contributed by atoms with Crippen molar-refractivity contribution in [2.45, 2.75) is 26.7 Å². The summed E-state index contributed by atoms with van der Waals surface area (Å²) in [6.07, 6.45) is 0.849. The van der Waals surface area contributed by atoms with Crippen molar-refractivity contribution in [3.05, 3.63) is 77.3 Å². The smallest absolute Gasteiger partial charge is 0.224 e. The lowest BCUT2D eigenvalue weighted by Gasteiger charge is -2.09. The number of amides is 1. The molecule has 25 heavy (non-hydrogen) atoms. The molecule has 1 aromatic heterocycles. The number of benzene rings is 2. The third-order valence-corrected chi connectivity index (χ3v) is 4.27. The fraction of sp³-hybridized carbons (Fsp3) is 0.190. The zero-order valence-electron chi connectivity index (χ0n) is 14.3. The number of carbonyl (C=O) groups is 1. The Bertz CT molecular complexity index is 881. The molecule has 2 aromatic carbocycles. The predicted molar refractivity (Wildman–Crippen MR) is 97.0 cm³/mol. The summed E-state index contributed by atoms with van der Waals surface area (Å²) in [6, 6.07) is 15.7. The molecule has 3 nitrogen and oxygen atoms in total. The molecule has 0 aliphatic rings. The molecule has 0 saturated carbocycles. The molecule has 0 atom stereocenters. The Kier molecular flexibility index (Phi) is 4.98. The SMILES string of the molecule is Cc1cccc(NC(=O)CCc2ccc(-c3ccc(F)cc3)o2)c1C. The van der Waals surface area contributed by atoms with E-state index in [2.05, 4.69) is 5.32 Å². The van der Waals surface area contributed by atoms with Crippen LogP contribution in [0.5, 0.6) is 0 Å². The van der Waals surface area contributed by atoms with Crippen LogP contribution in [0.25, 0.3) is 11.3 Å². The molecule has 0 aliphatic heterocycles. The number of halogens is 1. The van der Waals surface area contributed by atoms with Crippen LogP contribution >= 0.6 is 0 Å². The normalized spacial score (nSPS) is 10.7. The maximum Gasteiger partial charge on any atom is 0.224 e. The second-order valence-electron chi connectivity index (χ2n) is 6.07. The molecule has 0 bridgehead atoms. The quantitative estimate of drug-likeness (QED) is 0.689. The molecule has 0 radical (unpaired) electrons. The van der Waals surface area contributed by atoms with Crippen molar-refractivity contribution >= 4 is 11.6 Å². The average Bonchev–Trinajstić information content (AvgIpc) is 3.07. The molecule has 128 valence electrons. The lowest BCUT2D eigenvalue weighted by Crippen LogP contribution is -2.13. The van der Waals surface area contributed by atoms with Crippen LogP contribution in [0.1, 0.15) is 23.3 Å². The van der Waals surface area contributed by atoms with Crippen LogP contribution in [0.3, 0.4) is 0 Å². The maximum atomic E-state index is 13.0. The van der Waals surface area contributed by atoms with Crippen LogP contribution in [0.4, 0.5) is 10.1 Å². The summed E-state index contributed by atoms with van der Waals surface area (Å²) < 4.78 is 18.7. The summed E-state index contributed by atoms with van der Waals surface area (Å²) in [5, 5.41) is 2.94. The molecule has 4 heteroatoms. The monoisotopic (exact) mass is 337 g/mol. The zero-order valence-corrected chi connectivity index (χ0v) is 14.3. The van der Waals surface area contributed by atoms with Gasteiger partial charge in [0.15, 0.2) is 0 Å². The molecule has 1 amide bonds. The minimum atomic E-state index is -0.279. The van der Waals surface area contributed by atoms with Gasteiger partial charge in [0, 0.05) is 24.1 Å². The zero-order chi connectivity index (χ0) is 17.8. The predicted octanol–water partition coefficient (Wildman–Crippen LogP) is 5.27. The maximum absolute atomic E-state index is 13.0. The van der Waals surface area contributed by atoms with Crippen LogP contribution in [-0.4, -0.2) is 5.91 Å². The fourth-order valence-corrected chi connectivity index (χ4v) is 2.62. The topological polar surface area (TPSA) is 42.2 Å². The van der Waals surface area contributed by atoms with Crippen molar-refractivity contribution in [3.63, 3.8) is 0 Å². The van der Waals surface area contributed by atoms with E-state index in [9.17, 15) is 9.18 Å². The Balaban J connectivity index is 1.59. The number of aryl methyl sites for hydroxylation is 2. The van der Waals surface area contributed by atoms with E-state index >= 15 is 0 Å². The Morgan fingerprint density at radius 2 is 1.80 bits per heavy atom. The van der Waals surface area contributed by atoms with Gasteiger partial charge in [-0.1, -0.05) is 12.1 Å². The van der Waals surface area contributed by atoms with Crippen molar-refractivity contribution in [3.8, 4) is 11.3 Å². The first-order valence-corrected chi connectivity index (χ1v) is 8.23. The summed E-state index contributed by atoms with van der Waals surface area (Å²) in [6.45, 7) is 4.01. The third-order valence-electron chi connectivity index (χ3n) is 4.27. The van der Waals surface area contributed by atoms with Crippen LogP contribution in [-0.2, 0) is 11.2 Å². The van der Waals surface area contributed by atoms with Crippen LogP contribution < -0.4 is 5.32 Å². The highest BCUT2D eigenvalue weighted by Crippen LogP contribution is 2.23. The Morgan fingerprint density at radius 1 is 1.04 bits per heavy atom. The molecular formula is C21H20FNO2. The highest BCUT2D eigenvalue weighted by atomic mass is 19.1. The number of furan rings is 1. The van der Waals surface area contributed by atoms with E-state index in [0.717, 1.165) is 28.1 Å². The minimum absolute atomic E-state index is 0.0477. The van der Waals surface area contributed by atoms with Crippen molar-refractivity contribution in [1.82, 2.24) is 0 Å². The molecule has 0 unspecified atom stereocenters. The second kappa shape index (κ2) is 7.34. The number of hydrogen-bond donors (Lipinski definition) is 1. The van der Waals surface area contributed by atoms with E-state index in [-0.39, 0.29) is 11.7 Å². The number of hydrogen-bond acceptors (Lipinski definition) is 2. The molecule has 0 fully saturated rings. The molecule has 1 N–H and O–H groups in total. The van der Waals surface area contributed by atoms with Gasteiger partial charge in [-0.05, 0) is 67.4 Å². The van der Waals surface area contributed by atoms with Crippen molar-refractivity contribution < 1.29 is 13.6 Å². The highest BCUT2D eigenvalue weighted by Gasteiger charge is 2.09. The molecule has 1 heterocycles. The van der Waals surface area contributed by atoms with Gasteiger partial charge in [-0.15, -0.1) is 0 Å². The number of carbonyl (C=O) groups excluding carboxylic acids is 1. The van der Waals surface area contributed by atoms with E-state index < -0.39 is 0 Å². The molecular weight excluding hydrogens is 317 g/mol. The van der Waals surface area contributed by atoms with Gasteiger partial charge in [0.1, 0.15) is 17.3 Å². The van der Waals surface area contributed by atoms with Crippen LogP contribution in [0.2, 0.25) is 0 Å². The Hall–Kier alpha value is -2.88. The van der Waals surface area contributed by atoms with E-state index in [0.29, 0.717) is 18.6 Å². The summed E-state index contributed by atoms with van der Waals surface area (Å²) in [7, 11) is 0.